The average molecular weight is 196 g/mol. The molecule has 0 bridgehead atoms. The van der Waals surface area contributed by atoms with Gasteiger partial charge in [-0.2, -0.15) is 0 Å². The first-order chi connectivity index (χ1) is 6.13. The molecule has 2 nitrogen and oxygen atoms in total. The van der Waals surface area contributed by atoms with Crippen molar-refractivity contribution in [3.63, 3.8) is 0 Å². The van der Waals surface area contributed by atoms with Crippen LogP contribution in [0.2, 0.25) is 0 Å². The second kappa shape index (κ2) is 4.61. The summed E-state index contributed by atoms with van der Waals surface area (Å²) in [4.78, 5) is 8.85. The molecule has 0 amide bonds. The molecule has 0 unspecified atom stereocenters. The molecule has 0 spiro atoms. The molecule has 13 heavy (non-hydrogen) atoms. The third-order valence-corrected chi connectivity index (χ3v) is 2.55. The first-order valence-electron chi connectivity index (χ1n) is 4.50. The Morgan fingerprint density at radius 2 is 2.15 bits per heavy atom. The van der Waals surface area contributed by atoms with Crippen LogP contribution in [0.5, 0.6) is 0 Å². The predicted molar refractivity (Wildman–Crippen MR) is 57.1 cm³/mol. The zero-order chi connectivity index (χ0) is 9.84. The third-order valence-electron chi connectivity index (χ3n) is 1.76. The maximum absolute atomic E-state index is 4.50. The summed E-state index contributed by atoms with van der Waals surface area (Å²) < 4.78 is 0. The van der Waals surface area contributed by atoms with Gasteiger partial charge in [0.25, 0.3) is 0 Å². The molecule has 0 aromatic carbocycles. The van der Waals surface area contributed by atoms with Crippen molar-refractivity contribution >= 4 is 11.8 Å². The van der Waals surface area contributed by atoms with Crippen LogP contribution in [0.4, 0.5) is 0 Å². The molecule has 1 rings (SSSR count). The fourth-order valence-electron chi connectivity index (χ4n) is 1.24. The number of rotatable bonds is 3. The van der Waals surface area contributed by atoms with Gasteiger partial charge in [-0.25, -0.2) is 4.98 Å². The molecule has 1 aromatic rings. The molecule has 0 aliphatic carbocycles. The maximum Gasteiger partial charge on any atom is 0.117 e. The van der Waals surface area contributed by atoms with E-state index in [1.807, 2.05) is 19.4 Å². The monoisotopic (exact) mass is 196 g/mol. The molecule has 0 atom stereocenters. The van der Waals surface area contributed by atoms with Crippen LogP contribution in [-0.2, 0) is 6.42 Å². The van der Waals surface area contributed by atoms with Crippen LogP contribution in [0.25, 0.3) is 0 Å². The van der Waals surface area contributed by atoms with Gasteiger partial charge in [-0.05, 0) is 25.5 Å². The van der Waals surface area contributed by atoms with E-state index in [1.165, 1.54) is 0 Å². The van der Waals surface area contributed by atoms with Crippen molar-refractivity contribution in [3.05, 3.63) is 17.6 Å². The molecule has 1 aromatic heterocycles. The van der Waals surface area contributed by atoms with Gasteiger partial charge in [0.05, 0.1) is 11.4 Å². The zero-order valence-electron chi connectivity index (χ0n) is 8.66. The van der Waals surface area contributed by atoms with E-state index in [2.05, 4.69) is 23.8 Å². The van der Waals surface area contributed by atoms with E-state index in [0.29, 0.717) is 5.92 Å². The fourth-order valence-corrected chi connectivity index (χ4v) is 1.73. The number of aryl methyl sites for hydroxylation is 1. The molecule has 0 N–H and O–H groups in total. The fraction of sp³-hybridized carbons (Fsp3) is 0.600. The van der Waals surface area contributed by atoms with Gasteiger partial charge in [-0.15, -0.1) is 11.8 Å². The quantitative estimate of drug-likeness (QED) is 0.695. The number of nitrogens with zero attached hydrogens (tertiary/aromatic N) is 2. The van der Waals surface area contributed by atoms with Crippen molar-refractivity contribution in [2.75, 3.05) is 6.26 Å². The smallest absolute Gasteiger partial charge is 0.117 e. The minimum Gasteiger partial charge on any atom is -0.254 e. The standard InChI is InChI=1S/C10H16N2S/c1-7(2)5-9-6-11-10(13-4)8(3)12-9/h6-7H,5H2,1-4H3. The Balaban J connectivity index is 2.83. The summed E-state index contributed by atoms with van der Waals surface area (Å²) in [6.07, 6.45) is 4.93. The van der Waals surface area contributed by atoms with Gasteiger partial charge in [-0.1, -0.05) is 13.8 Å². The van der Waals surface area contributed by atoms with Crippen LogP contribution in [-0.4, -0.2) is 16.2 Å². The number of hydrogen-bond acceptors (Lipinski definition) is 3. The third kappa shape index (κ3) is 2.99. The molecule has 1 heterocycles. The van der Waals surface area contributed by atoms with E-state index >= 15 is 0 Å². The van der Waals surface area contributed by atoms with Gasteiger partial charge in [-0.3, -0.25) is 4.98 Å². The van der Waals surface area contributed by atoms with E-state index < -0.39 is 0 Å². The second-order valence-corrected chi connectivity index (χ2v) is 4.35. The SMILES string of the molecule is CSc1ncc(CC(C)C)nc1C. The minimum atomic E-state index is 0.647. The van der Waals surface area contributed by atoms with Crippen molar-refractivity contribution in [1.82, 2.24) is 9.97 Å². The number of hydrogen-bond donors (Lipinski definition) is 0. The van der Waals surface area contributed by atoms with Crippen LogP contribution < -0.4 is 0 Å². The summed E-state index contributed by atoms with van der Waals surface area (Å²) in [7, 11) is 0. The van der Waals surface area contributed by atoms with Crippen LogP contribution in [0.1, 0.15) is 25.2 Å². The lowest BCUT2D eigenvalue weighted by atomic mass is 10.1. The molecule has 0 fully saturated rings. The van der Waals surface area contributed by atoms with Gasteiger partial charge in [0.2, 0.25) is 0 Å². The normalized spacial score (nSPS) is 10.8. The van der Waals surface area contributed by atoms with E-state index in [4.69, 9.17) is 0 Å². The van der Waals surface area contributed by atoms with E-state index in [-0.39, 0.29) is 0 Å². The van der Waals surface area contributed by atoms with E-state index in [1.54, 1.807) is 11.8 Å². The topological polar surface area (TPSA) is 25.8 Å². The van der Waals surface area contributed by atoms with Gasteiger partial charge in [0.15, 0.2) is 0 Å². The van der Waals surface area contributed by atoms with Gasteiger partial charge in [0, 0.05) is 6.20 Å². The lowest BCUT2D eigenvalue weighted by Gasteiger charge is -2.06. The highest BCUT2D eigenvalue weighted by atomic mass is 32.2. The van der Waals surface area contributed by atoms with E-state index in [9.17, 15) is 0 Å². The molecular weight excluding hydrogens is 180 g/mol. The first-order valence-corrected chi connectivity index (χ1v) is 5.72. The maximum atomic E-state index is 4.50. The first kappa shape index (κ1) is 10.5. The molecule has 0 saturated carbocycles. The van der Waals surface area contributed by atoms with E-state index in [0.717, 1.165) is 22.8 Å². The number of thioether (sulfide) groups is 1. The molecule has 0 saturated heterocycles. The zero-order valence-corrected chi connectivity index (χ0v) is 9.48. The van der Waals surface area contributed by atoms with Crippen LogP contribution in [0.3, 0.4) is 0 Å². The predicted octanol–water partition coefficient (Wildman–Crippen LogP) is 2.71. The Kier molecular flexibility index (Phi) is 3.72. The minimum absolute atomic E-state index is 0.647. The van der Waals surface area contributed by atoms with Crippen LogP contribution in [0, 0.1) is 12.8 Å². The molecule has 0 radical (unpaired) electrons. The highest BCUT2D eigenvalue weighted by molar-refractivity contribution is 7.98. The molecular formula is C10H16N2S. The van der Waals surface area contributed by atoms with Gasteiger partial charge >= 0.3 is 0 Å². The average Bonchev–Trinajstić information content (AvgIpc) is 2.03. The molecule has 0 aliphatic rings. The Morgan fingerprint density at radius 1 is 1.46 bits per heavy atom. The van der Waals surface area contributed by atoms with Crippen molar-refractivity contribution in [2.45, 2.75) is 32.2 Å². The molecule has 3 heteroatoms. The van der Waals surface area contributed by atoms with Crippen LogP contribution >= 0.6 is 11.8 Å². The Hall–Kier alpha value is -0.570. The van der Waals surface area contributed by atoms with Crippen molar-refractivity contribution < 1.29 is 0 Å². The second-order valence-electron chi connectivity index (χ2n) is 3.55. The van der Waals surface area contributed by atoms with Crippen molar-refractivity contribution in [1.29, 1.82) is 0 Å². The summed E-state index contributed by atoms with van der Waals surface area (Å²) in [5, 5.41) is 1.03. The Morgan fingerprint density at radius 3 is 2.62 bits per heavy atom. The molecule has 72 valence electrons. The Labute approximate surface area is 84.2 Å². The summed E-state index contributed by atoms with van der Waals surface area (Å²) in [6.45, 7) is 6.40. The lowest BCUT2D eigenvalue weighted by molar-refractivity contribution is 0.629. The Bertz CT molecular complexity index is 284. The summed E-state index contributed by atoms with van der Waals surface area (Å²) >= 11 is 1.65. The highest BCUT2D eigenvalue weighted by Gasteiger charge is 2.03. The van der Waals surface area contributed by atoms with Gasteiger partial charge < -0.3 is 0 Å². The highest BCUT2D eigenvalue weighted by Crippen LogP contribution is 2.15. The lowest BCUT2D eigenvalue weighted by Crippen LogP contribution is -2.01. The number of aromatic nitrogens is 2. The largest absolute Gasteiger partial charge is 0.254 e. The van der Waals surface area contributed by atoms with Crippen LogP contribution in [0.15, 0.2) is 11.2 Å². The molecule has 0 aliphatic heterocycles. The summed E-state index contributed by atoms with van der Waals surface area (Å²) in [5.41, 5.74) is 2.15. The summed E-state index contributed by atoms with van der Waals surface area (Å²) in [5.74, 6) is 0.647. The summed E-state index contributed by atoms with van der Waals surface area (Å²) in [6, 6.07) is 0. The van der Waals surface area contributed by atoms with Gasteiger partial charge in [0.1, 0.15) is 5.03 Å². The van der Waals surface area contributed by atoms with Crippen molar-refractivity contribution in [2.24, 2.45) is 5.92 Å². The van der Waals surface area contributed by atoms with Crippen molar-refractivity contribution in [3.8, 4) is 0 Å².